The van der Waals surface area contributed by atoms with Crippen molar-refractivity contribution in [1.29, 1.82) is 5.26 Å². The van der Waals surface area contributed by atoms with Crippen LogP contribution in [0.5, 0.6) is 0 Å². The molecular weight excluding hydrogens is 1010 g/mol. The van der Waals surface area contributed by atoms with Crippen LogP contribution >= 0.6 is 0 Å². The summed E-state index contributed by atoms with van der Waals surface area (Å²) >= 11 is 0. The van der Waals surface area contributed by atoms with Gasteiger partial charge in [-0.15, -0.1) is 53.6 Å². The molecule has 0 aliphatic heterocycles. The third kappa shape index (κ3) is 9.46. The van der Waals surface area contributed by atoms with Crippen LogP contribution in [-0.2, 0) is 47.2 Å². The Bertz CT molecular complexity index is 3290. The van der Waals surface area contributed by atoms with Gasteiger partial charge < -0.3 is 19.0 Å². The number of nitriles is 1. The van der Waals surface area contributed by atoms with Gasteiger partial charge in [-0.05, 0) is 85.8 Å². The first-order valence-corrected chi connectivity index (χ1v) is 23.6. The van der Waals surface area contributed by atoms with Crippen LogP contribution < -0.4 is 0 Å². The number of fused-ring (bicyclic) bond motifs is 6. The van der Waals surface area contributed by atoms with E-state index in [0.29, 0.717) is 11.1 Å². The number of furan rings is 1. The Morgan fingerprint density at radius 2 is 1.12 bits per heavy atom. The maximum Gasteiger partial charge on any atom is 0.146 e. The van der Waals surface area contributed by atoms with Gasteiger partial charge in [0.05, 0.1) is 22.2 Å². The summed E-state index contributed by atoms with van der Waals surface area (Å²) < 4.78 is 9.45. The molecule has 1 radical (unpaired) electrons. The van der Waals surface area contributed by atoms with E-state index in [2.05, 4.69) is 205 Å². The van der Waals surface area contributed by atoms with E-state index in [1.165, 1.54) is 27.8 Å². The van der Waals surface area contributed by atoms with E-state index in [4.69, 9.17) is 9.40 Å². The molecule has 0 aliphatic carbocycles. The van der Waals surface area contributed by atoms with Crippen LogP contribution in [0.4, 0.5) is 0 Å². The number of nitrogens with zero attached hydrogens (tertiary/aromatic N) is 4. The molecule has 0 spiro atoms. The Morgan fingerprint density at radius 3 is 1.60 bits per heavy atom. The van der Waals surface area contributed by atoms with Crippen LogP contribution in [0.1, 0.15) is 143 Å². The number of rotatable bonds is 3. The predicted molar refractivity (Wildman–Crippen MR) is 282 cm³/mol. The van der Waals surface area contributed by atoms with Crippen LogP contribution in [0.2, 0.25) is 0 Å². The molecule has 0 N–H and O–H groups in total. The van der Waals surface area contributed by atoms with E-state index >= 15 is 0 Å². The molecule has 9 rings (SSSR count). The third-order valence-electron chi connectivity index (χ3n) is 13.1. The smallest absolute Gasteiger partial charge is 0.146 e. The second kappa shape index (κ2) is 17.9. The summed E-state index contributed by atoms with van der Waals surface area (Å²) in [7, 11) is 0. The SMILES string of the molecule is CC(C)(C)c1ccc(-c2[c-]cccc2)nc1.Cc1cc(-c2[c-]cc(C(C)(C)C)c3c2oc2c(-n4c5cc(C(C)(C)C)ccc5c5ccc(C(C)(C)C)cc54)c(C#N)ccc23)ncc1C(C)(C)C.[Ir]. The first-order valence-electron chi connectivity index (χ1n) is 23.6. The Hall–Kier alpha value is -5.86. The first kappa shape index (κ1) is 50.0. The maximum absolute atomic E-state index is 10.8. The van der Waals surface area contributed by atoms with Crippen LogP contribution in [0.25, 0.3) is 71.9 Å². The molecule has 0 saturated carbocycles. The molecule has 0 atom stereocenters. The molecule has 351 valence electrons. The Morgan fingerprint density at radius 1 is 0.559 bits per heavy atom. The van der Waals surface area contributed by atoms with E-state index in [1.807, 2.05) is 42.7 Å². The van der Waals surface area contributed by atoms with Crippen LogP contribution in [-0.4, -0.2) is 14.5 Å². The van der Waals surface area contributed by atoms with E-state index < -0.39 is 0 Å². The molecule has 0 fully saturated rings. The summed E-state index contributed by atoms with van der Waals surface area (Å²) in [6.07, 6.45) is 3.96. The molecule has 6 heteroatoms. The Labute approximate surface area is 418 Å². The van der Waals surface area contributed by atoms with Gasteiger partial charge in [0.25, 0.3) is 0 Å². The van der Waals surface area contributed by atoms with Gasteiger partial charge in [-0.1, -0.05) is 169 Å². The second-order valence-corrected chi connectivity index (χ2v) is 23.5. The number of benzene rings is 5. The van der Waals surface area contributed by atoms with Gasteiger partial charge in [-0.3, -0.25) is 0 Å². The molecule has 9 aromatic rings. The van der Waals surface area contributed by atoms with Gasteiger partial charge in [0.15, 0.2) is 0 Å². The fraction of sp³-hybridized carbons (Fsp3) is 0.339. The minimum Gasteiger partial charge on any atom is -0.498 e. The normalized spacial score (nSPS) is 12.6. The topological polar surface area (TPSA) is 67.6 Å². The van der Waals surface area contributed by atoms with Crippen molar-refractivity contribution in [3.8, 4) is 34.3 Å². The van der Waals surface area contributed by atoms with Crippen molar-refractivity contribution < 1.29 is 24.5 Å². The first-order chi connectivity index (χ1) is 31.3. The van der Waals surface area contributed by atoms with Crippen molar-refractivity contribution in [1.82, 2.24) is 14.5 Å². The van der Waals surface area contributed by atoms with Crippen LogP contribution in [0.15, 0.2) is 114 Å². The average Bonchev–Trinajstić information content (AvgIpc) is 3.80. The van der Waals surface area contributed by atoms with Gasteiger partial charge in [-0.2, -0.15) is 5.26 Å². The van der Waals surface area contributed by atoms with E-state index in [9.17, 15) is 5.26 Å². The van der Waals surface area contributed by atoms with Crippen molar-refractivity contribution in [3.05, 3.63) is 161 Å². The summed E-state index contributed by atoms with van der Waals surface area (Å²) in [5, 5.41) is 15.1. The Kier molecular flexibility index (Phi) is 13.2. The molecule has 68 heavy (non-hydrogen) atoms. The van der Waals surface area contributed by atoms with Gasteiger partial charge in [-0.25, -0.2) is 0 Å². The molecule has 0 saturated heterocycles. The van der Waals surface area contributed by atoms with Gasteiger partial charge >= 0.3 is 0 Å². The predicted octanol–water partition coefficient (Wildman–Crippen LogP) is 16.8. The number of pyridine rings is 2. The molecule has 0 aliphatic rings. The van der Waals surface area contributed by atoms with Crippen molar-refractivity contribution in [2.75, 3.05) is 0 Å². The molecule has 4 heterocycles. The number of hydrogen-bond acceptors (Lipinski definition) is 4. The average molecular weight is 1080 g/mol. The standard InChI is InChI=1S/C47H50N3O.C15H16N.Ir/c1-27-22-37(49-26-36(27)47(11,12)13)33-20-21-35(46(8,9)10)40-34-17-14-28(25-48)41(43(34)51-42(33)40)50-38-23-29(44(2,3)4)15-18-31(38)32-19-16-30(24-39(32)50)45(5,6)7;1-15(2,3)13-9-10-14(16-11-13)12-7-5-4-6-8-12;/h14-19,21-24,26H,1-13H3;4-7,9-11H,1-3H3;/q2*-1;. The molecule has 5 nitrogen and oxygen atoms in total. The molecule has 0 bridgehead atoms. The molecule has 0 unspecified atom stereocenters. The van der Waals surface area contributed by atoms with Crippen LogP contribution in [0.3, 0.4) is 0 Å². The molecule has 5 aromatic carbocycles. The zero-order chi connectivity index (χ0) is 48.6. The monoisotopic (exact) mass is 1080 g/mol. The molecule has 4 aromatic heterocycles. The summed E-state index contributed by atoms with van der Waals surface area (Å²) in [6.45, 7) is 35.6. The van der Waals surface area contributed by atoms with Crippen LogP contribution in [0, 0.1) is 30.4 Å². The summed E-state index contributed by atoms with van der Waals surface area (Å²) in [4.78, 5) is 9.48. The summed E-state index contributed by atoms with van der Waals surface area (Å²) in [5.41, 5.74) is 15.7. The maximum atomic E-state index is 10.8. The zero-order valence-corrected chi connectivity index (χ0v) is 45.3. The molecular formula is C62H66IrN4O-2. The zero-order valence-electron chi connectivity index (χ0n) is 42.9. The van der Waals surface area contributed by atoms with E-state index in [1.54, 1.807) is 0 Å². The quantitative estimate of drug-likeness (QED) is 0.165. The fourth-order valence-electron chi connectivity index (χ4n) is 9.19. The molecule has 0 amide bonds. The summed E-state index contributed by atoms with van der Waals surface area (Å²) in [5.74, 6) is 0. The third-order valence-corrected chi connectivity index (χ3v) is 13.1. The van der Waals surface area contributed by atoms with E-state index in [-0.39, 0.29) is 47.2 Å². The van der Waals surface area contributed by atoms with Crippen molar-refractivity contribution in [2.24, 2.45) is 0 Å². The van der Waals surface area contributed by atoms with Crippen molar-refractivity contribution in [3.63, 3.8) is 0 Å². The second-order valence-electron chi connectivity index (χ2n) is 23.5. The van der Waals surface area contributed by atoms with Crippen molar-refractivity contribution >= 4 is 43.7 Å². The van der Waals surface area contributed by atoms with Gasteiger partial charge in [0, 0.05) is 48.7 Å². The summed E-state index contributed by atoms with van der Waals surface area (Å²) in [6, 6.07) is 43.4. The van der Waals surface area contributed by atoms with Crippen molar-refractivity contribution in [2.45, 2.75) is 138 Å². The Balaban J connectivity index is 0.000000340. The fourth-order valence-corrected chi connectivity index (χ4v) is 9.19. The minimum absolute atomic E-state index is 0. The van der Waals surface area contributed by atoms with E-state index in [0.717, 1.165) is 71.9 Å². The number of aromatic nitrogens is 3. The number of aryl methyl sites for hydroxylation is 1. The largest absolute Gasteiger partial charge is 0.498 e. The van der Waals surface area contributed by atoms with Gasteiger partial charge in [0.2, 0.25) is 0 Å². The number of hydrogen-bond donors (Lipinski definition) is 0. The minimum atomic E-state index is -0.187. The van der Waals surface area contributed by atoms with Gasteiger partial charge in [0.1, 0.15) is 17.3 Å².